The standard InChI is InChI=1S/C16H23N7O8S3/c1-32(24,25)23-11-5-3-2-4-10(11)18-15-20-14(17)21-16(22-15)19-12-8-9(33(26,27)28)6-7-13(12)34(29,30)31/h6-8,10-11,23H,2-5H2,1H3,(H,26,27,28)(H,29,30,31)(H4,17,18,19,20,21,22). The number of anilines is 4. The second-order valence-corrected chi connectivity index (χ2v) is 12.2. The fourth-order valence-corrected chi connectivity index (χ4v) is 5.48. The molecular weight excluding hydrogens is 514 g/mol. The summed E-state index contributed by atoms with van der Waals surface area (Å²) in [6.45, 7) is 0. The minimum Gasteiger partial charge on any atom is -0.368 e. The van der Waals surface area contributed by atoms with Gasteiger partial charge in [-0.3, -0.25) is 9.11 Å². The van der Waals surface area contributed by atoms with Crippen LogP contribution in [0.2, 0.25) is 0 Å². The molecule has 0 radical (unpaired) electrons. The van der Waals surface area contributed by atoms with Gasteiger partial charge in [-0.25, -0.2) is 13.1 Å². The van der Waals surface area contributed by atoms with Crippen molar-refractivity contribution in [3.05, 3.63) is 18.2 Å². The summed E-state index contributed by atoms with van der Waals surface area (Å²) in [5.41, 5.74) is 5.27. The van der Waals surface area contributed by atoms with Gasteiger partial charge in [0.25, 0.3) is 20.2 Å². The number of nitrogen functional groups attached to an aromatic ring is 1. The van der Waals surface area contributed by atoms with Crippen LogP contribution < -0.4 is 21.1 Å². The van der Waals surface area contributed by atoms with Crippen molar-refractivity contribution in [1.29, 1.82) is 0 Å². The number of hydrogen-bond donors (Lipinski definition) is 6. The number of sulfonamides is 1. The molecule has 1 heterocycles. The van der Waals surface area contributed by atoms with Gasteiger partial charge in [0.15, 0.2) is 0 Å². The molecule has 2 aromatic rings. The molecule has 1 aliphatic carbocycles. The summed E-state index contributed by atoms with van der Waals surface area (Å²) in [6.07, 6.45) is 3.88. The Hall–Kier alpha value is -2.64. The van der Waals surface area contributed by atoms with Crippen LogP contribution in [-0.2, 0) is 30.3 Å². The molecule has 0 aliphatic heterocycles. The lowest BCUT2D eigenvalue weighted by atomic mass is 9.91. The maximum Gasteiger partial charge on any atom is 0.296 e. The smallest absolute Gasteiger partial charge is 0.296 e. The molecule has 3 rings (SSSR count). The van der Waals surface area contributed by atoms with Crippen LogP contribution in [0.4, 0.5) is 23.5 Å². The zero-order chi connectivity index (χ0) is 25.3. The highest BCUT2D eigenvalue weighted by atomic mass is 32.2. The number of rotatable bonds is 8. The zero-order valence-electron chi connectivity index (χ0n) is 17.7. The van der Waals surface area contributed by atoms with Gasteiger partial charge in [-0.1, -0.05) is 12.8 Å². The van der Waals surface area contributed by atoms with Crippen molar-refractivity contribution in [3.63, 3.8) is 0 Å². The lowest BCUT2D eigenvalue weighted by Gasteiger charge is -2.32. The van der Waals surface area contributed by atoms with E-state index in [2.05, 4.69) is 30.3 Å². The van der Waals surface area contributed by atoms with Gasteiger partial charge in [-0.05, 0) is 31.0 Å². The van der Waals surface area contributed by atoms with Crippen LogP contribution in [0.5, 0.6) is 0 Å². The van der Waals surface area contributed by atoms with Crippen molar-refractivity contribution in [2.24, 2.45) is 0 Å². The summed E-state index contributed by atoms with van der Waals surface area (Å²) in [7, 11) is -13.0. The highest BCUT2D eigenvalue weighted by Crippen LogP contribution is 2.28. The molecule has 188 valence electrons. The van der Waals surface area contributed by atoms with Gasteiger partial charge in [-0.2, -0.15) is 31.8 Å². The van der Waals surface area contributed by atoms with Crippen molar-refractivity contribution in [2.75, 3.05) is 22.6 Å². The minimum atomic E-state index is -4.81. The molecule has 15 nitrogen and oxygen atoms in total. The van der Waals surface area contributed by atoms with E-state index in [0.29, 0.717) is 12.8 Å². The fraction of sp³-hybridized carbons (Fsp3) is 0.438. The molecule has 1 aromatic heterocycles. The van der Waals surface area contributed by atoms with E-state index >= 15 is 0 Å². The van der Waals surface area contributed by atoms with Crippen LogP contribution in [0.15, 0.2) is 28.0 Å². The van der Waals surface area contributed by atoms with Gasteiger partial charge < -0.3 is 16.4 Å². The molecule has 1 saturated carbocycles. The van der Waals surface area contributed by atoms with Crippen LogP contribution in [-0.4, -0.2) is 67.7 Å². The van der Waals surface area contributed by atoms with E-state index in [4.69, 9.17) is 5.73 Å². The molecule has 18 heteroatoms. The summed E-state index contributed by atoms with van der Waals surface area (Å²) < 4.78 is 91.0. The Balaban J connectivity index is 1.94. The average Bonchev–Trinajstić information content (AvgIpc) is 2.66. The van der Waals surface area contributed by atoms with E-state index in [1.165, 1.54) is 0 Å². The Morgan fingerprint density at radius 1 is 0.912 bits per heavy atom. The molecule has 1 fully saturated rings. The Morgan fingerprint density at radius 3 is 2.12 bits per heavy atom. The van der Waals surface area contributed by atoms with Crippen molar-refractivity contribution < 1.29 is 34.4 Å². The molecule has 0 amide bonds. The third-order valence-electron chi connectivity index (χ3n) is 4.87. The van der Waals surface area contributed by atoms with Gasteiger partial charge >= 0.3 is 0 Å². The molecule has 0 bridgehead atoms. The van der Waals surface area contributed by atoms with Crippen molar-refractivity contribution in [3.8, 4) is 0 Å². The summed E-state index contributed by atoms with van der Waals surface area (Å²) in [5.74, 6) is -0.653. The first-order valence-corrected chi connectivity index (χ1v) is 14.5. The molecule has 2 unspecified atom stereocenters. The third kappa shape index (κ3) is 6.93. The first kappa shape index (κ1) is 26.0. The van der Waals surface area contributed by atoms with Crippen LogP contribution in [0.1, 0.15) is 25.7 Å². The highest BCUT2D eigenvalue weighted by Gasteiger charge is 2.28. The Morgan fingerprint density at radius 2 is 1.53 bits per heavy atom. The molecular formula is C16H23N7O8S3. The number of nitrogens with one attached hydrogen (secondary N) is 3. The maximum atomic E-state index is 11.7. The van der Waals surface area contributed by atoms with Crippen LogP contribution in [0, 0.1) is 0 Å². The molecule has 1 aromatic carbocycles. The van der Waals surface area contributed by atoms with E-state index in [9.17, 15) is 34.4 Å². The average molecular weight is 538 g/mol. The van der Waals surface area contributed by atoms with Crippen LogP contribution in [0.25, 0.3) is 0 Å². The summed E-state index contributed by atoms with van der Waals surface area (Å²) in [5, 5.41) is 5.44. The number of aromatic nitrogens is 3. The monoisotopic (exact) mass is 537 g/mol. The van der Waals surface area contributed by atoms with Crippen molar-refractivity contribution in [1.82, 2.24) is 19.7 Å². The maximum absolute atomic E-state index is 11.7. The van der Waals surface area contributed by atoms with Gasteiger partial charge in [0.1, 0.15) is 4.90 Å². The summed E-state index contributed by atoms with van der Waals surface area (Å²) in [4.78, 5) is 10.5. The topological polar surface area (TPSA) is 244 Å². The van der Waals surface area contributed by atoms with Crippen molar-refractivity contribution in [2.45, 2.75) is 47.6 Å². The molecule has 1 aliphatic rings. The largest absolute Gasteiger partial charge is 0.368 e. The van der Waals surface area contributed by atoms with E-state index in [-0.39, 0.29) is 23.9 Å². The molecule has 2 atom stereocenters. The first-order valence-electron chi connectivity index (χ1n) is 9.73. The number of benzene rings is 1. The van der Waals surface area contributed by atoms with E-state index < -0.39 is 51.8 Å². The first-order chi connectivity index (χ1) is 15.6. The Kier molecular flexibility index (Phi) is 7.29. The van der Waals surface area contributed by atoms with E-state index in [0.717, 1.165) is 37.3 Å². The summed E-state index contributed by atoms with van der Waals surface area (Å²) >= 11 is 0. The number of nitrogens with two attached hydrogens (primary N) is 1. The summed E-state index contributed by atoms with van der Waals surface area (Å²) in [6, 6.07) is 1.51. The number of hydrogen-bond acceptors (Lipinski definition) is 12. The predicted octanol–water partition coefficient (Wildman–Crippen LogP) is -0.0369. The van der Waals surface area contributed by atoms with Gasteiger partial charge in [0, 0.05) is 12.1 Å². The zero-order valence-corrected chi connectivity index (χ0v) is 20.2. The predicted molar refractivity (Wildman–Crippen MR) is 121 cm³/mol. The Bertz CT molecular complexity index is 1400. The van der Waals surface area contributed by atoms with Crippen molar-refractivity contribution >= 4 is 53.8 Å². The second kappa shape index (κ2) is 9.55. The molecule has 7 N–H and O–H groups in total. The molecule has 0 spiro atoms. The lowest BCUT2D eigenvalue weighted by molar-refractivity contribution is 0.378. The lowest BCUT2D eigenvalue weighted by Crippen LogP contribution is -2.48. The van der Waals surface area contributed by atoms with Gasteiger partial charge in [0.05, 0.1) is 16.8 Å². The molecule has 0 saturated heterocycles. The third-order valence-corrected chi connectivity index (χ3v) is 7.36. The van der Waals surface area contributed by atoms with Gasteiger partial charge in [-0.15, -0.1) is 0 Å². The van der Waals surface area contributed by atoms with Crippen LogP contribution in [0.3, 0.4) is 0 Å². The minimum absolute atomic E-state index is 0.0541. The van der Waals surface area contributed by atoms with Gasteiger partial charge in [0.2, 0.25) is 27.9 Å². The molecule has 34 heavy (non-hydrogen) atoms. The Labute approximate surface area is 196 Å². The SMILES string of the molecule is CS(=O)(=O)NC1CCCCC1Nc1nc(N)nc(Nc2cc(S(=O)(=O)O)ccc2S(=O)(=O)O)n1. The van der Waals surface area contributed by atoms with E-state index in [1.807, 2.05) is 0 Å². The number of nitrogens with zero attached hydrogens (tertiary/aromatic N) is 3. The van der Waals surface area contributed by atoms with Crippen LogP contribution >= 0.6 is 0 Å². The quantitative estimate of drug-likeness (QED) is 0.242. The normalized spacial score (nSPS) is 19.5. The fourth-order valence-electron chi connectivity index (χ4n) is 3.51. The van der Waals surface area contributed by atoms with E-state index in [1.54, 1.807) is 0 Å². The highest BCUT2D eigenvalue weighted by molar-refractivity contribution is 7.88. The second-order valence-electron chi connectivity index (χ2n) is 7.61.